The van der Waals surface area contributed by atoms with Crippen LogP contribution < -0.4 is 5.32 Å². The van der Waals surface area contributed by atoms with E-state index in [2.05, 4.69) is 17.2 Å². The molecule has 0 saturated heterocycles. The molecular weight excluding hydrogens is 251 g/mol. The minimum absolute atomic E-state index is 0.336. The Morgan fingerprint density at radius 3 is 2.72 bits per heavy atom. The highest BCUT2D eigenvalue weighted by Crippen LogP contribution is 2.34. The quantitative estimate of drug-likeness (QED) is 0.887. The van der Waals surface area contributed by atoms with Crippen LogP contribution in [0.5, 0.6) is 0 Å². The fourth-order valence-corrected chi connectivity index (χ4v) is 2.23. The Kier molecular flexibility index (Phi) is 3.71. The molecule has 96 valence electrons. The Balaban J connectivity index is 2.79. The normalized spacial score (nSPS) is 10.9. The van der Waals surface area contributed by atoms with Crippen LogP contribution in [-0.2, 0) is 0 Å². The van der Waals surface area contributed by atoms with E-state index in [0.29, 0.717) is 15.9 Å². The van der Waals surface area contributed by atoms with E-state index in [1.54, 1.807) is 6.07 Å². The van der Waals surface area contributed by atoms with Crippen LogP contribution in [0, 0.1) is 19.7 Å². The molecule has 0 unspecified atom stereocenters. The molecule has 18 heavy (non-hydrogen) atoms. The van der Waals surface area contributed by atoms with Gasteiger partial charge in [-0.15, -0.1) is 0 Å². The first-order chi connectivity index (χ1) is 8.56. The molecule has 4 heteroatoms. The van der Waals surface area contributed by atoms with Crippen molar-refractivity contribution in [2.45, 2.75) is 27.2 Å². The first kappa shape index (κ1) is 13.1. The second kappa shape index (κ2) is 5.11. The van der Waals surface area contributed by atoms with E-state index in [9.17, 15) is 4.39 Å². The predicted octanol–water partition coefficient (Wildman–Crippen LogP) is 4.47. The number of hydrogen-bond donors (Lipinski definition) is 1. The molecule has 0 amide bonds. The van der Waals surface area contributed by atoms with Crippen molar-refractivity contribution in [3.8, 4) is 0 Å². The van der Waals surface area contributed by atoms with Crippen molar-refractivity contribution in [3.05, 3.63) is 34.2 Å². The summed E-state index contributed by atoms with van der Waals surface area (Å²) < 4.78 is 13.8. The maximum Gasteiger partial charge on any atom is 0.149 e. The Bertz CT molecular complexity index is 596. The summed E-state index contributed by atoms with van der Waals surface area (Å²) in [5, 5.41) is 4.53. The number of aromatic nitrogens is 1. The lowest BCUT2D eigenvalue weighted by atomic mass is 10.1. The summed E-state index contributed by atoms with van der Waals surface area (Å²) in [5.74, 6) is -0.336. The van der Waals surface area contributed by atoms with Crippen LogP contribution >= 0.6 is 11.6 Å². The van der Waals surface area contributed by atoms with Gasteiger partial charge in [0, 0.05) is 23.3 Å². The highest BCUT2D eigenvalue weighted by atomic mass is 35.5. The molecule has 0 atom stereocenters. The Morgan fingerprint density at radius 1 is 1.33 bits per heavy atom. The van der Waals surface area contributed by atoms with Crippen molar-refractivity contribution in [1.29, 1.82) is 0 Å². The number of hydrogen-bond acceptors (Lipinski definition) is 2. The Morgan fingerprint density at radius 2 is 2.06 bits per heavy atom. The van der Waals surface area contributed by atoms with Crippen LogP contribution in [0.15, 0.2) is 12.1 Å². The monoisotopic (exact) mass is 266 g/mol. The average molecular weight is 267 g/mol. The zero-order valence-corrected chi connectivity index (χ0v) is 11.5. The maximum atomic E-state index is 13.8. The topological polar surface area (TPSA) is 24.9 Å². The summed E-state index contributed by atoms with van der Waals surface area (Å²) in [4.78, 5) is 4.30. The van der Waals surface area contributed by atoms with E-state index in [0.717, 1.165) is 29.9 Å². The van der Waals surface area contributed by atoms with Crippen molar-refractivity contribution >= 4 is 28.2 Å². The number of anilines is 1. The summed E-state index contributed by atoms with van der Waals surface area (Å²) in [6.07, 6.45) is 0.995. The van der Waals surface area contributed by atoms with Crippen molar-refractivity contribution in [3.63, 3.8) is 0 Å². The summed E-state index contributed by atoms with van der Waals surface area (Å²) in [7, 11) is 0. The molecule has 1 N–H and O–H groups in total. The van der Waals surface area contributed by atoms with Crippen LogP contribution in [0.3, 0.4) is 0 Å². The van der Waals surface area contributed by atoms with E-state index >= 15 is 0 Å². The molecule has 0 aliphatic rings. The van der Waals surface area contributed by atoms with Gasteiger partial charge in [0.2, 0.25) is 0 Å². The van der Waals surface area contributed by atoms with E-state index < -0.39 is 0 Å². The third kappa shape index (κ3) is 2.15. The molecule has 2 nitrogen and oxygen atoms in total. The van der Waals surface area contributed by atoms with Crippen molar-refractivity contribution in [2.75, 3.05) is 11.9 Å². The van der Waals surface area contributed by atoms with Crippen LogP contribution in [0.1, 0.15) is 24.6 Å². The summed E-state index contributed by atoms with van der Waals surface area (Å²) >= 11 is 6.19. The molecule has 0 bridgehead atoms. The van der Waals surface area contributed by atoms with Gasteiger partial charge in [-0.25, -0.2) is 9.37 Å². The van der Waals surface area contributed by atoms with Crippen molar-refractivity contribution < 1.29 is 4.39 Å². The van der Waals surface area contributed by atoms with Gasteiger partial charge < -0.3 is 5.32 Å². The first-order valence-corrected chi connectivity index (χ1v) is 6.42. The molecule has 0 radical (unpaired) electrons. The molecule has 0 aliphatic carbocycles. The van der Waals surface area contributed by atoms with Gasteiger partial charge in [-0.2, -0.15) is 0 Å². The van der Waals surface area contributed by atoms with E-state index in [1.165, 1.54) is 6.07 Å². The lowest BCUT2D eigenvalue weighted by Gasteiger charge is -2.15. The molecule has 1 heterocycles. The average Bonchev–Trinajstić information content (AvgIpc) is 2.35. The van der Waals surface area contributed by atoms with Gasteiger partial charge in [-0.05, 0) is 38.0 Å². The van der Waals surface area contributed by atoms with Gasteiger partial charge >= 0.3 is 0 Å². The molecule has 0 fully saturated rings. The molecule has 1 aromatic heterocycles. The van der Waals surface area contributed by atoms with E-state index in [4.69, 9.17) is 11.6 Å². The van der Waals surface area contributed by atoms with Crippen molar-refractivity contribution in [2.24, 2.45) is 0 Å². The second-order valence-electron chi connectivity index (χ2n) is 4.38. The van der Waals surface area contributed by atoms with Crippen molar-refractivity contribution in [1.82, 2.24) is 4.98 Å². The summed E-state index contributed by atoms with van der Waals surface area (Å²) in [5.41, 5.74) is 3.07. The highest BCUT2D eigenvalue weighted by molar-refractivity contribution is 6.36. The van der Waals surface area contributed by atoms with E-state index in [1.807, 2.05) is 13.8 Å². The molecule has 0 saturated carbocycles. The van der Waals surface area contributed by atoms with Crippen LogP contribution in [0.25, 0.3) is 10.9 Å². The summed E-state index contributed by atoms with van der Waals surface area (Å²) in [6, 6.07) is 2.93. The molecule has 2 rings (SSSR count). The van der Waals surface area contributed by atoms with Gasteiger partial charge in [0.1, 0.15) is 11.3 Å². The Labute approximate surface area is 111 Å². The van der Waals surface area contributed by atoms with Gasteiger partial charge in [-0.1, -0.05) is 18.5 Å². The van der Waals surface area contributed by atoms with Crippen LogP contribution in [0.4, 0.5) is 10.1 Å². The Hall–Kier alpha value is -1.35. The largest absolute Gasteiger partial charge is 0.384 e. The number of rotatable bonds is 3. The number of nitrogens with zero attached hydrogens (tertiary/aromatic N) is 1. The molecule has 0 aliphatic heterocycles. The minimum Gasteiger partial charge on any atom is -0.384 e. The smallest absolute Gasteiger partial charge is 0.149 e. The molecule has 0 spiro atoms. The zero-order chi connectivity index (χ0) is 13.3. The summed E-state index contributed by atoms with van der Waals surface area (Å²) in [6.45, 7) is 6.76. The lowest BCUT2D eigenvalue weighted by Crippen LogP contribution is -2.05. The van der Waals surface area contributed by atoms with Crippen LogP contribution in [0.2, 0.25) is 5.02 Å². The van der Waals surface area contributed by atoms with Gasteiger partial charge in [0.15, 0.2) is 0 Å². The lowest BCUT2D eigenvalue weighted by molar-refractivity contribution is 0.636. The fraction of sp³-hybridized carbons (Fsp3) is 0.357. The molecule has 1 aromatic carbocycles. The fourth-order valence-electron chi connectivity index (χ4n) is 1.98. The van der Waals surface area contributed by atoms with Crippen LogP contribution in [-0.4, -0.2) is 11.5 Å². The number of aryl methyl sites for hydroxylation is 1. The maximum absolute atomic E-state index is 13.8. The highest BCUT2D eigenvalue weighted by Gasteiger charge is 2.14. The zero-order valence-electron chi connectivity index (χ0n) is 10.8. The van der Waals surface area contributed by atoms with Gasteiger partial charge in [0.25, 0.3) is 0 Å². The molecule has 2 aromatic rings. The number of nitrogens with one attached hydrogen (secondary N) is 1. The molecular formula is C14H16ClFN2. The van der Waals surface area contributed by atoms with Gasteiger partial charge in [0.05, 0.1) is 5.02 Å². The number of benzene rings is 1. The first-order valence-electron chi connectivity index (χ1n) is 6.05. The predicted molar refractivity (Wildman–Crippen MR) is 75.0 cm³/mol. The third-order valence-electron chi connectivity index (χ3n) is 3.08. The van der Waals surface area contributed by atoms with E-state index in [-0.39, 0.29) is 5.82 Å². The number of halogens is 2. The SMILES string of the molecule is CCCNc1c(C)c(C)nc2c(F)ccc(Cl)c12. The number of fused-ring (bicyclic) bond motifs is 1. The van der Waals surface area contributed by atoms with Gasteiger partial charge in [-0.3, -0.25) is 0 Å². The standard InChI is InChI=1S/C14H16ClFN2/c1-4-7-17-13-8(2)9(3)18-14-11(16)6-5-10(15)12(13)14/h5-6H,4,7H2,1-3H3,(H,17,18). The minimum atomic E-state index is -0.336. The third-order valence-corrected chi connectivity index (χ3v) is 3.39. The number of pyridine rings is 1. The second-order valence-corrected chi connectivity index (χ2v) is 4.78.